The standard InChI is InChI=1S/C13H18FNO2/c1-16-11-4-2-3-10(12(11)14)9-13(15)5-7-17-8-6-13/h2-4H,5-9,15H2,1H3. The lowest BCUT2D eigenvalue weighted by Crippen LogP contribution is -2.47. The Bertz CT molecular complexity index is 389. The topological polar surface area (TPSA) is 44.5 Å². The monoisotopic (exact) mass is 239 g/mol. The lowest BCUT2D eigenvalue weighted by Gasteiger charge is -2.33. The molecule has 0 aromatic heterocycles. The van der Waals surface area contributed by atoms with Crippen LogP contribution in [0.3, 0.4) is 0 Å². The van der Waals surface area contributed by atoms with Gasteiger partial charge in [0.1, 0.15) is 0 Å². The number of ether oxygens (including phenoxy) is 2. The summed E-state index contributed by atoms with van der Waals surface area (Å²) in [4.78, 5) is 0. The van der Waals surface area contributed by atoms with Gasteiger partial charge in [-0.1, -0.05) is 12.1 Å². The maximum absolute atomic E-state index is 14.0. The van der Waals surface area contributed by atoms with Gasteiger partial charge in [-0.2, -0.15) is 0 Å². The Kier molecular flexibility index (Phi) is 3.64. The summed E-state index contributed by atoms with van der Waals surface area (Å²) in [7, 11) is 1.47. The summed E-state index contributed by atoms with van der Waals surface area (Å²) in [6.07, 6.45) is 2.06. The molecule has 1 aromatic carbocycles. The highest BCUT2D eigenvalue weighted by Crippen LogP contribution is 2.27. The van der Waals surface area contributed by atoms with Crippen molar-refractivity contribution >= 4 is 0 Å². The molecule has 1 fully saturated rings. The van der Waals surface area contributed by atoms with Crippen molar-refractivity contribution in [1.29, 1.82) is 0 Å². The number of methoxy groups -OCH3 is 1. The zero-order valence-corrected chi connectivity index (χ0v) is 10.0. The fraction of sp³-hybridized carbons (Fsp3) is 0.538. The van der Waals surface area contributed by atoms with Gasteiger partial charge in [-0.3, -0.25) is 0 Å². The molecule has 0 atom stereocenters. The van der Waals surface area contributed by atoms with Gasteiger partial charge in [0.15, 0.2) is 11.6 Å². The molecule has 1 aromatic rings. The van der Waals surface area contributed by atoms with E-state index in [2.05, 4.69) is 0 Å². The van der Waals surface area contributed by atoms with Crippen molar-refractivity contribution in [3.05, 3.63) is 29.6 Å². The van der Waals surface area contributed by atoms with Crippen LogP contribution in [0.2, 0.25) is 0 Å². The van der Waals surface area contributed by atoms with Crippen LogP contribution in [0.4, 0.5) is 4.39 Å². The molecular formula is C13H18FNO2. The Balaban J connectivity index is 2.17. The van der Waals surface area contributed by atoms with E-state index in [9.17, 15) is 4.39 Å². The first-order valence-electron chi connectivity index (χ1n) is 5.83. The van der Waals surface area contributed by atoms with Gasteiger partial charge >= 0.3 is 0 Å². The minimum absolute atomic E-state index is 0.276. The molecule has 1 aliphatic rings. The molecule has 0 bridgehead atoms. The molecule has 2 rings (SSSR count). The molecule has 4 heteroatoms. The second kappa shape index (κ2) is 5.02. The summed E-state index contributed by atoms with van der Waals surface area (Å²) in [6.45, 7) is 1.31. The Morgan fingerprint density at radius 2 is 2.12 bits per heavy atom. The molecule has 0 unspecified atom stereocenters. The molecule has 0 saturated carbocycles. The summed E-state index contributed by atoms with van der Waals surface area (Å²) in [5, 5.41) is 0. The predicted molar refractivity (Wildman–Crippen MR) is 63.6 cm³/mol. The van der Waals surface area contributed by atoms with Gasteiger partial charge in [-0.25, -0.2) is 4.39 Å². The Labute approximate surface area is 101 Å². The van der Waals surface area contributed by atoms with Gasteiger partial charge in [0.25, 0.3) is 0 Å². The molecule has 0 amide bonds. The van der Waals surface area contributed by atoms with Crippen LogP contribution in [0.1, 0.15) is 18.4 Å². The highest BCUT2D eigenvalue weighted by molar-refractivity contribution is 5.32. The van der Waals surface area contributed by atoms with E-state index in [1.165, 1.54) is 7.11 Å². The fourth-order valence-corrected chi connectivity index (χ4v) is 2.18. The zero-order valence-electron chi connectivity index (χ0n) is 10.0. The molecule has 2 N–H and O–H groups in total. The SMILES string of the molecule is COc1cccc(CC2(N)CCOCC2)c1F. The summed E-state index contributed by atoms with van der Waals surface area (Å²) in [5.74, 6) is -0.0236. The second-order valence-corrected chi connectivity index (χ2v) is 4.58. The van der Waals surface area contributed by atoms with E-state index in [1.54, 1.807) is 18.2 Å². The number of benzene rings is 1. The predicted octanol–water partition coefficient (Wildman–Crippen LogP) is 1.88. The fourth-order valence-electron chi connectivity index (χ4n) is 2.18. The van der Waals surface area contributed by atoms with Crippen molar-refractivity contribution in [1.82, 2.24) is 0 Å². The minimum Gasteiger partial charge on any atom is -0.494 e. The van der Waals surface area contributed by atoms with E-state index >= 15 is 0 Å². The molecule has 1 saturated heterocycles. The molecule has 1 heterocycles. The van der Waals surface area contributed by atoms with Gasteiger partial charge in [0, 0.05) is 18.8 Å². The lowest BCUT2D eigenvalue weighted by atomic mass is 9.84. The number of halogens is 1. The van der Waals surface area contributed by atoms with Crippen LogP contribution in [0.25, 0.3) is 0 Å². The van der Waals surface area contributed by atoms with Gasteiger partial charge in [-0.15, -0.1) is 0 Å². The molecular weight excluding hydrogens is 221 g/mol. The Morgan fingerprint density at radius 3 is 2.76 bits per heavy atom. The van der Waals surface area contributed by atoms with Crippen molar-refractivity contribution in [2.45, 2.75) is 24.8 Å². The van der Waals surface area contributed by atoms with E-state index in [4.69, 9.17) is 15.2 Å². The maximum Gasteiger partial charge on any atom is 0.168 e. The van der Waals surface area contributed by atoms with Crippen LogP contribution in [0.15, 0.2) is 18.2 Å². The molecule has 94 valence electrons. The van der Waals surface area contributed by atoms with Crippen LogP contribution < -0.4 is 10.5 Å². The van der Waals surface area contributed by atoms with Gasteiger partial charge in [-0.05, 0) is 30.9 Å². The summed E-state index contributed by atoms with van der Waals surface area (Å²) in [6, 6.07) is 5.17. The van der Waals surface area contributed by atoms with Crippen LogP contribution in [-0.2, 0) is 11.2 Å². The zero-order chi connectivity index (χ0) is 12.3. The van der Waals surface area contributed by atoms with E-state index in [-0.39, 0.29) is 17.1 Å². The van der Waals surface area contributed by atoms with Crippen LogP contribution >= 0.6 is 0 Å². The van der Waals surface area contributed by atoms with E-state index in [0.29, 0.717) is 25.2 Å². The Morgan fingerprint density at radius 1 is 1.41 bits per heavy atom. The maximum atomic E-state index is 14.0. The van der Waals surface area contributed by atoms with Crippen LogP contribution in [-0.4, -0.2) is 25.9 Å². The minimum atomic E-state index is -0.356. The van der Waals surface area contributed by atoms with Crippen LogP contribution in [0.5, 0.6) is 5.75 Å². The van der Waals surface area contributed by atoms with Gasteiger partial charge < -0.3 is 15.2 Å². The smallest absolute Gasteiger partial charge is 0.168 e. The number of hydrogen-bond donors (Lipinski definition) is 1. The quantitative estimate of drug-likeness (QED) is 0.876. The molecule has 0 radical (unpaired) electrons. The molecule has 0 spiro atoms. The number of rotatable bonds is 3. The van der Waals surface area contributed by atoms with E-state index in [0.717, 1.165) is 12.8 Å². The number of hydrogen-bond acceptors (Lipinski definition) is 3. The summed E-state index contributed by atoms with van der Waals surface area (Å²) < 4.78 is 24.2. The van der Waals surface area contributed by atoms with Crippen molar-refractivity contribution in [2.75, 3.05) is 20.3 Å². The molecule has 17 heavy (non-hydrogen) atoms. The summed E-state index contributed by atoms with van der Waals surface area (Å²) in [5.41, 5.74) is 6.53. The van der Waals surface area contributed by atoms with Crippen molar-refractivity contribution in [3.8, 4) is 5.75 Å². The molecule has 3 nitrogen and oxygen atoms in total. The third-order valence-electron chi connectivity index (χ3n) is 3.29. The van der Waals surface area contributed by atoms with E-state index in [1.807, 2.05) is 0 Å². The molecule has 0 aliphatic carbocycles. The van der Waals surface area contributed by atoms with Gasteiger partial charge in [0.05, 0.1) is 7.11 Å². The van der Waals surface area contributed by atoms with Crippen molar-refractivity contribution in [3.63, 3.8) is 0 Å². The third-order valence-corrected chi connectivity index (χ3v) is 3.29. The average Bonchev–Trinajstić information content (AvgIpc) is 2.32. The normalized spacial score (nSPS) is 19.0. The first kappa shape index (κ1) is 12.3. The first-order chi connectivity index (χ1) is 8.14. The average molecular weight is 239 g/mol. The first-order valence-corrected chi connectivity index (χ1v) is 5.83. The highest BCUT2D eigenvalue weighted by Gasteiger charge is 2.29. The molecule has 1 aliphatic heterocycles. The number of nitrogens with two attached hydrogens (primary N) is 1. The largest absolute Gasteiger partial charge is 0.494 e. The van der Waals surface area contributed by atoms with Crippen LogP contribution in [0, 0.1) is 5.82 Å². The summed E-state index contributed by atoms with van der Waals surface area (Å²) >= 11 is 0. The van der Waals surface area contributed by atoms with Gasteiger partial charge in [0.2, 0.25) is 0 Å². The van der Waals surface area contributed by atoms with Crippen molar-refractivity contribution < 1.29 is 13.9 Å². The lowest BCUT2D eigenvalue weighted by molar-refractivity contribution is 0.0530. The second-order valence-electron chi connectivity index (χ2n) is 4.58. The van der Waals surface area contributed by atoms with E-state index < -0.39 is 0 Å². The van der Waals surface area contributed by atoms with Crippen molar-refractivity contribution in [2.24, 2.45) is 5.73 Å². The highest BCUT2D eigenvalue weighted by atomic mass is 19.1. The Hall–Kier alpha value is -1.13. The third kappa shape index (κ3) is 2.76.